The number of sulfonamides is 2. The van der Waals surface area contributed by atoms with Crippen molar-refractivity contribution in [1.29, 1.82) is 0 Å². The van der Waals surface area contributed by atoms with Crippen LogP contribution in [-0.4, -0.2) is 63.4 Å². The lowest BCUT2D eigenvalue weighted by Crippen LogP contribution is -2.38. The van der Waals surface area contributed by atoms with Gasteiger partial charge in [-0.1, -0.05) is 36.9 Å². The smallest absolute Gasteiger partial charge is 0.335 e. The van der Waals surface area contributed by atoms with Crippen molar-refractivity contribution in [2.24, 2.45) is 11.8 Å². The Morgan fingerprint density at radius 1 is 0.978 bits per heavy atom. The lowest BCUT2D eigenvalue weighted by Gasteiger charge is -2.34. The van der Waals surface area contributed by atoms with Crippen LogP contribution < -0.4 is 9.62 Å². The number of hydrogen-bond acceptors (Lipinski definition) is 8. The van der Waals surface area contributed by atoms with Crippen LogP contribution in [0.15, 0.2) is 60.6 Å². The van der Waals surface area contributed by atoms with Gasteiger partial charge in [-0.2, -0.15) is 4.31 Å². The molecule has 0 aliphatic carbocycles. The zero-order chi connectivity index (χ0) is 32.4. The normalized spacial score (nSPS) is 17.4. The first-order valence-electron chi connectivity index (χ1n) is 14.5. The second kappa shape index (κ2) is 14.6. The Morgan fingerprint density at radius 2 is 1.62 bits per heavy atom. The molecule has 1 aromatic carbocycles. The summed E-state index contributed by atoms with van der Waals surface area (Å²) in [5, 5.41) is 9.18. The molecule has 10 nitrogen and oxygen atoms in total. The van der Waals surface area contributed by atoms with Crippen molar-refractivity contribution in [2.45, 2.75) is 54.1 Å². The first kappa shape index (κ1) is 34.6. The number of rotatable bonds is 11. The molecular formula is C29H33Br2ClN4O6S3. The SMILES string of the molecule is O=C(O)c1cccc(NS(=O)(=O)c2cnc(N3CCC(CCCC4CCN(S(=O)(=O)c5cc(Br)c(Cl)s5)CC4)CC3)c(Br)c2)c1. The van der Waals surface area contributed by atoms with E-state index in [-0.39, 0.29) is 20.4 Å². The molecule has 0 amide bonds. The molecule has 2 N–H and O–H groups in total. The highest BCUT2D eigenvalue weighted by Crippen LogP contribution is 2.38. The summed E-state index contributed by atoms with van der Waals surface area (Å²) in [6.45, 7) is 2.71. The summed E-state index contributed by atoms with van der Waals surface area (Å²) < 4.78 is 57.8. The van der Waals surface area contributed by atoms with Gasteiger partial charge >= 0.3 is 5.97 Å². The maximum Gasteiger partial charge on any atom is 0.335 e. The quantitative estimate of drug-likeness (QED) is 0.206. The lowest BCUT2D eigenvalue weighted by molar-refractivity contribution is 0.0697. The summed E-state index contributed by atoms with van der Waals surface area (Å²) in [6.07, 6.45) is 8.45. The minimum absolute atomic E-state index is 0.0168. The number of halogens is 3. The van der Waals surface area contributed by atoms with Crippen molar-refractivity contribution < 1.29 is 26.7 Å². The van der Waals surface area contributed by atoms with Crippen LogP contribution in [-0.2, 0) is 20.0 Å². The Morgan fingerprint density at radius 3 is 2.20 bits per heavy atom. The van der Waals surface area contributed by atoms with Crippen LogP contribution in [0.4, 0.5) is 11.5 Å². The molecule has 4 heterocycles. The molecule has 2 aliphatic heterocycles. The zero-order valence-electron chi connectivity index (χ0n) is 24.2. The number of carboxylic acids is 1. The Balaban J connectivity index is 1.06. The number of aromatic nitrogens is 1. The van der Waals surface area contributed by atoms with Crippen LogP contribution in [0.1, 0.15) is 55.3 Å². The minimum atomic E-state index is -3.97. The highest BCUT2D eigenvalue weighted by Gasteiger charge is 2.31. The fourth-order valence-electron chi connectivity index (χ4n) is 5.87. The summed E-state index contributed by atoms with van der Waals surface area (Å²) in [4.78, 5) is 17.8. The number of nitrogens with one attached hydrogen (secondary N) is 1. The molecule has 5 rings (SSSR count). The average Bonchev–Trinajstić information content (AvgIpc) is 3.36. The van der Waals surface area contributed by atoms with Crippen molar-refractivity contribution >= 4 is 92.3 Å². The van der Waals surface area contributed by atoms with Gasteiger partial charge in [0.2, 0.25) is 0 Å². The number of benzene rings is 1. The van der Waals surface area contributed by atoms with Crippen molar-refractivity contribution in [2.75, 3.05) is 35.8 Å². The second-order valence-corrected chi connectivity index (χ2v) is 18.6. The van der Waals surface area contributed by atoms with E-state index in [2.05, 4.69) is 46.5 Å². The summed E-state index contributed by atoms with van der Waals surface area (Å²) in [5.41, 5.74) is 0.140. The molecule has 0 unspecified atom stereocenters. The molecule has 2 saturated heterocycles. The Kier molecular flexibility index (Phi) is 11.2. The number of thiophene rings is 1. The second-order valence-electron chi connectivity index (χ2n) is 11.4. The van der Waals surface area contributed by atoms with E-state index < -0.39 is 26.0 Å². The lowest BCUT2D eigenvalue weighted by atomic mass is 9.87. The van der Waals surface area contributed by atoms with Crippen molar-refractivity contribution in [1.82, 2.24) is 9.29 Å². The van der Waals surface area contributed by atoms with E-state index in [9.17, 15) is 26.7 Å². The zero-order valence-corrected chi connectivity index (χ0v) is 30.5. The van der Waals surface area contributed by atoms with Crippen molar-refractivity contribution in [3.8, 4) is 0 Å². The number of carbonyl (C=O) groups is 1. The van der Waals surface area contributed by atoms with Crippen molar-refractivity contribution in [3.05, 3.63) is 61.4 Å². The molecule has 0 saturated carbocycles. The number of nitrogens with zero attached hydrogens (tertiary/aromatic N) is 3. The molecule has 244 valence electrons. The monoisotopic (exact) mass is 822 g/mol. The van der Waals surface area contributed by atoms with Gasteiger partial charge in [-0.05, 0) is 99.7 Å². The van der Waals surface area contributed by atoms with E-state index >= 15 is 0 Å². The third-order valence-corrected chi connectivity index (χ3v) is 15.2. The topological polar surface area (TPSA) is 137 Å². The first-order valence-corrected chi connectivity index (χ1v) is 20.3. The minimum Gasteiger partial charge on any atom is -0.478 e. The molecule has 45 heavy (non-hydrogen) atoms. The fraction of sp³-hybridized carbons (Fsp3) is 0.448. The van der Waals surface area contributed by atoms with Crippen molar-refractivity contribution in [3.63, 3.8) is 0 Å². The van der Waals surface area contributed by atoms with Gasteiger partial charge in [-0.25, -0.2) is 26.6 Å². The molecule has 0 bridgehead atoms. The predicted molar refractivity (Wildman–Crippen MR) is 183 cm³/mol. The van der Waals surface area contributed by atoms with Crippen LogP contribution in [0, 0.1) is 11.8 Å². The van der Waals surface area contributed by atoms with E-state index in [1.54, 1.807) is 10.4 Å². The van der Waals surface area contributed by atoms with Gasteiger partial charge in [0.25, 0.3) is 20.0 Å². The van der Waals surface area contributed by atoms with E-state index in [1.807, 2.05) is 0 Å². The third kappa shape index (κ3) is 8.40. The van der Waals surface area contributed by atoms with Gasteiger partial charge in [0.1, 0.15) is 19.3 Å². The molecule has 0 atom stereocenters. The summed E-state index contributed by atoms with van der Waals surface area (Å²) in [7, 11) is -7.48. The van der Waals surface area contributed by atoms with Gasteiger partial charge < -0.3 is 10.0 Å². The molecule has 2 fully saturated rings. The molecule has 2 aromatic heterocycles. The molecule has 3 aromatic rings. The van der Waals surface area contributed by atoms with Gasteiger partial charge in [0, 0.05) is 42.5 Å². The molecular weight excluding hydrogens is 792 g/mol. The average molecular weight is 825 g/mol. The van der Waals surface area contributed by atoms with Crippen LogP contribution >= 0.6 is 54.8 Å². The summed E-state index contributed by atoms with van der Waals surface area (Å²) in [6, 6.07) is 8.72. The van der Waals surface area contributed by atoms with Crippen LogP contribution in [0.5, 0.6) is 0 Å². The van der Waals surface area contributed by atoms with Crippen LogP contribution in [0.2, 0.25) is 4.34 Å². The standard InChI is InChI=1S/C29H33Br2ClN4O6S3/c30-24-17-26(43-27(24)32)45(41,42)36-13-9-20(10-14-36)4-1-3-19-7-11-35(12-8-19)28-25(31)16-23(18-33-28)44(39,40)34-22-6-2-5-21(15-22)29(37)38/h2,5-6,15-20,34H,1,3-4,7-14H2,(H,37,38). The van der Waals surface area contributed by atoms with Crippen LogP contribution in [0.25, 0.3) is 0 Å². The number of carboxylic acid groups (broad SMARTS) is 1. The van der Waals surface area contributed by atoms with Gasteiger partial charge in [-0.15, -0.1) is 11.3 Å². The number of piperidine rings is 2. The van der Waals surface area contributed by atoms with E-state index in [4.69, 9.17) is 11.6 Å². The Labute approximate surface area is 289 Å². The molecule has 2 aliphatic rings. The third-order valence-electron chi connectivity index (χ3n) is 8.40. The summed E-state index contributed by atoms with van der Waals surface area (Å²) in [5.74, 6) is 0.683. The Bertz CT molecular complexity index is 1740. The molecule has 0 spiro atoms. The van der Waals surface area contributed by atoms with Gasteiger partial charge in [-0.3, -0.25) is 4.72 Å². The number of hydrogen-bond donors (Lipinski definition) is 2. The maximum absolute atomic E-state index is 13.0. The van der Waals surface area contributed by atoms with Crippen LogP contribution in [0.3, 0.4) is 0 Å². The number of pyridine rings is 1. The largest absolute Gasteiger partial charge is 0.478 e. The van der Waals surface area contributed by atoms with E-state index in [0.717, 1.165) is 69.4 Å². The number of aromatic carboxylic acids is 1. The Hall–Kier alpha value is -1.75. The molecule has 0 radical (unpaired) electrons. The van der Waals surface area contributed by atoms with E-state index in [0.29, 0.717) is 44.0 Å². The molecule has 16 heteroatoms. The highest BCUT2D eigenvalue weighted by atomic mass is 79.9. The maximum atomic E-state index is 13.0. The summed E-state index contributed by atoms with van der Waals surface area (Å²) >= 11 is 13.9. The highest BCUT2D eigenvalue weighted by molar-refractivity contribution is 9.11. The van der Waals surface area contributed by atoms with Gasteiger partial charge in [0.05, 0.1) is 10.0 Å². The fourth-order valence-corrected chi connectivity index (χ4v) is 11.6. The first-order chi connectivity index (χ1) is 21.3. The number of anilines is 2. The van der Waals surface area contributed by atoms with Gasteiger partial charge in [0.15, 0.2) is 0 Å². The van der Waals surface area contributed by atoms with E-state index in [1.165, 1.54) is 36.5 Å². The predicted octanol–water partition coefficient (Wildman–Crippen LogP) is 7.31.